The number of allylic oxidation sites excluding steroid dienone is 1. The molecule has 1 amide bonds. The van der Waals surface area contributed by atoms with Crippen molar-refractivity contribution in [2.24, 2.45) is 5.92 Å². The highest BCUT2D eigenvalue weighted by molar-refractivity contribution is 7.88. The van der Waals surface area contributed by atoms with Crippen LogP contribution in [0.3, 0.4) is 0 Å². The molecule has 0 radical (unpaired) electrons. The van der Waals surface area contributed by atoms with Gasteiger partial charge in [-0.05, 0) is 88.9 Å². The largest absolute Gasteiger partial charge is 0.495 e. The number of aromatic nitrogens is 2. The summed E-state index contributed by atoms with van der Waals surface area (Å²) in [6.45, 7) is 3.58. The molecule has 2 aliphatic rings. The highest BCUT2D eigenvalue weighted by Crippen LogP contribution is 2.35. The fourth-order valence-corrected chi connectivity index (χ4v) is 6.85. The summed E-state index contributed by atoms with van der Waals surface area (Å²) in [7, 11) is 1.64. The molecule has 4 rings (SSSR count). The summed E-state index contributed by atoms with van der Waals surface area (Å²) in [6.07, 6.45) is 5.61. The SMILES string of the molecule is COc1cc(C(=O)NC2CCN(C)CC2)c(C)cc1Nc1ncc(C(F)(F)F)c(C=CCC2CCCCC2N(C)S(C)(=O)=O)n1. The first kappa shape index (κ1) is 34.6. The number of halogens is 3. The van der Waals surface area contributed by atoms with Gasteiger partial charge in [0.2, 0.25) is 16.0 Å². The highest BCUT2D eigenvalue weighted by Gasteiger charge is 2.35. The van der Waals surface area contributed by atoms with Gasteiger partial charge < -0.3 is 20.3 Å². The number of ether oxygens (including phenoxy) is 1. The van der Waals surface area contributed by atoms with Crippen molar-refractivity contribution >= 4 is 33.6 Å². The normalized spacial score (nSPS) is 20.5. The number of piperidine rings is 1. The van der Waals surface area contributed by atoms with Gasteiger partial charge in [0.05, 0.1) is 30.3 Å². The van der Waals surface area contributed by atoms with Crippen LogP contribution in [0.15, 0.2) is 24.4 Å². The maximum Gasteiger partial charge on any atom is 0.419 e. The van der Waals surface area contributed by atoms with Crippen molar-refractivity contribution in [3.8, 4) is 5.75 Å². The first-order valence-electron chi connectivity index (χ1n) is 15.2. The Bertz CT molecular complexity index is 1490. The molecule has 1 saturated carbocycles. The summed E-state index contributed by atoms with van der Waals surface area (Å²) < 4.78 is 72.9. The number of aryl methyl sites for hydroxylation is 1. The van der Waals surface area contributed by atoms with Gasteiger partial charge in [-0.25, -0.2) is 22.7 Å². The molecule has 2 fully saturated rings. The van der Waals surface area contributed by atoms with Gasteiger partial charge in [-0.3, -0.25) is 4.79 Å². The number of sulfonamides is 1. The first-order valence-corrected chi connectivity index (χ1v) is 17.0. The van der Waals surface area contributed by atoms with Gasteiger partial charge in [-0.1, -0.05) is 18.9 Å². The van der Waals surface area contributed by atoms with Gasteiger partial charge >= 0.3 is 6.18 Å². The van der Waals surface area contributed by atoms with Crippen molar-refractivity contribution in [3.63, 3.8) is 0 Å². The van der Waals surface area contributed by atoms with Crippen LogP contribution in [0, 0.1) is 12.8 Å². The standard InChI is InChI=1S/C31H43F3N6O4S/c1-20-17-26(28(44-4)18-23(20)29(41)36-22-13-15-39(2)16-14-22)38-30-35-19-24(31(32,33)34)25(37-30)11-8-10-21-9-6-7-12-27(21)40(3)45(5,42)43/h8,11,17-19,21-22,27H,6-7,9-10,12-16H2,1-5H3,(H,36,41)(H,35,37,38). The van der Waals surface area contributed by atoms with Crippen LogP contribution in [0.1, 0.15) is 72.1 Å². The number of benzene rings is 1. The number of methoxy groups -OCH3 is 1. The number of rotatable bonds is 10. The average Bonchev–Trinajstić information content (AvgIpc) is 2.97. The zero-order chi connectivity index (χ0) is 32.9. The topological polar surface area (TPSA) is 117 Å². The number of nitrogens with one attached hydrogen (secondary N) is 2. The lowest BCUT2D eigenvalue weighted by atomic mass is 9.82. The van der Waals surface area contributed by atoms with Crippen molar-refractivity contribution in [3.05, 3.63) is 46.8 Å². The molecular formula is C31H43F3N6O4S. The van der Waals surface area contributed by atoms with E-state index in [-0.39, 0.29) is 35.6 Å². The fraction of sp³-hybridized carbons (Fsp3) is 0.581. The summed E-state index contributed by atoms with van der Waals surface area (Å²) in [5, 5.41) is 6.05. The number of nitrogens with zero attached hydrogens (tertiary/aromatic N) is 4. The quantitative estimate of drug-likeness (QED) is 0.359. The molecule has 0 bridgehead atoms. The second-order valence-electron chi connectivity index (χ2n) is 12.1. The molecule has 1 aromatic heterocycles. The molecule has 1 aliphatic heterocycles. The van der Waals surface area contributed by atoms with Crippen molar-refractivity contribution in [2.45, 2.75) is 70.1 Å². The van der Waals surface area contributed by atoms with E-state index in [9.17, 15) is 26.4 Å². The predicted octanol–water partition coefficient (Wildman–Crippen LogP) is 5.23. The number of carbonyl (C=O) groups excluding carboxylic acids is 1. The Balaban J connectivity index is 1.54. The third kappa shape index (κ3) is 8.95. The summed E-state index contributed by atoms with van der Waals surface area (Å²) in [6, 6.07) is 3.14. The van der Waals surface area contributed by atoms with Crippen molar-refractivity contribution < 1.29 is 31.1 Å². The summed E-state index contributed by atoms with van der Waals surface area (Å²) in [5.41, 5.74) is 0.192. The van der Waals surface area contributed by atoms with E-state index in [1.807, 2.05) is 7.05 Å². The van der Waals surface area contributed by atoms with Gasteiger partial charge in [-0.15, -0.1) is 0 Å². The Morgan fingerprint density at radius 2 is 1.87 bits per heavy atom. The molecule has 1 saturated heterocycles. The van der Waals surface area contributed by atoms with Gasteiger partial charge in [0, 0.05) is 30.9 Å². The van der Waals surface area contributed by atoms with Crippen molar-refractivity contribution in [1.29, 1.82) is 0 Å². The molecule has 2 N–H and O–H groups in total. The molecule has 2 unspecified atom stereocenters. The molecule has 248 valence electrons. The fourth-order valence-electron chi connectivity index (χ4n) is 6.08. The number of anilines is 2. The number of hydrogen-bond acceptors (Lipinski definition) is 8. The number of alkyl halides is 3. The molecule has 1 aromatic carbocycles. The van der Waals surface area contributed by atoms with E-state index in [2.05, 4.69) is 25.5 Å². The molecule has 45 heavy (non-hydrogen) atoms. The van der Waals surface area contributed by atoms with Crippen molar-refractivity contribution in [2.75, 3.05) is 45.9 Å². The Hall–Kier alpha value is -3.23. The first-order chi connectivity index (χ1) is 21.2. The number of carbonyl (C=O) groups is 1. The molecular weight excluding hydrogens is 609 g/mol. The minimum absolute atomic E-state index is 0.0223. The highest BCUT2D eigenvalue weighted by atomic mass is 32.2. The number of hydrogen-bond donors (Lipinski definition) is 2. The zero-order valence-corrected chi connectivity index (χ0v) is 27.3. The zero-order valence-electron chi connectivity index (χ0n) is 26.4. The predicted molar refractivity (Wildman–Crippen MR) is 168 cm³/mol. The van der Waals surface area contributed by atoms with Gasteiger partial charge in [-0.2, -0.15) is 13.2 Å². The van der Waals surface area contributed by atoms with E-state index in [0.717, 1.165) is 57.6 Å². The van der Waals surface area contributed by atoms with Crippen LogP contribution >= 0.6 is 0 Å². The molecule has 2 atom stereocenters. The smallest absolute Gasteiger partial charge is 0.419 e. The van der Waals surface area contributed by atoms with Crippen LogP contribution < -0.4 is 15.4 Å². The molecule has 0 spiro atoms. The maximum absolute atomic E-state index is 13.9. The van der Waals surface area contributed by atoms with Gasteiger partial charge in [0.15, 0.2) is 0 Å². The number of likely N-dealkylation sites (tertiary alicyclic amines) is 1. The van der Waals surface area contributed by atoms with Crippen molar-refractivity contribution in [1.82, 2.24) is 24.5 Å². The van der Waals surface area contributed by atoms with E-state index in [0.29, 0.717) is 35.4 Å². The minimum atomic E-state index is -4.68. The van der Waals surface area contributed by atoms with Crippen LogP contribution in [0.5, 0.6) is 5.75 Å². The third-order valence-electron chi connectivity index (χ3n) is 8.79. The second-order valence-corrected chi connectivity index (χ2v) is 14.1. The molecule has 14 heteroatoms. The molecule has 2 heterocycles. The van der Waals surface area contributed by atoms with Crippen LogP contribution in [0.25, 0.3) is 6.08 Å². The summed E-state index contributed by atoms with van der Waals surface area (Å²) in [5.74, 6) is 0.00298. The lowest BCUT2D eigenvalue weighted by Gasteiger charge is -2.36. The Morgan fingerprint density at radius 3 is 2.51 bits per heavy atom. The molecule has 1 aliphatic carbocycles. The second kappa shape index (κ2) is 14.5. The van der Waals surface area contributed by atoms with Gasteiger partial charge in [0.25, 0.3) is 5.91 Å². The lowest BCUT2D eigenvalue weighted by Crippen LogP contribution is -2.43. The van der Waals surface area contributed by atoms with Gasteiger partial charge in [0.1, 0.15) is 5.75 Å². The maximum atomic E-state index is 13.9. The average molecular weight is 653 g/mol. The van der Waals surface area contributed by atoms with Crippen LogP contribution in [0.4, 0.5) is 24.8 Å². The Kier molecular flexibility index (Phi) is 11.1. The lowest BCUT2D eigenvalue weighted by molar-refractivity contribution is -0.138. The Labute approximate surface area is 263 Å². The summed E-state index contributed by atoms with van der Waals surface area (Å²) in [4.78, 5) is 23.4. The van der Waals surface area contributed by atoms with Crippen LogP contribution in [0.2, 0.25) is 0 Å². The Morgan fingerprint density at radius 1 is 1.18 bits per heavy atom. The summed E-state index contributed by atoms with van der Waals surface area (Å²) >= 11 is 0. The minimum Gasteiger partial charge on any atom is -0.495 e. The molecule has 2 aromatic rings. The van der Waals surface area contributed by atoms with E-state index >= 15 is 0 Å². The van der Waals surface area contributed by atoms with Crippen LogP contribution in [-0.2, 0) is 16.2 Å². The van der Waals surface area contributed by atoms with E-state index in [1.54, 1.807) is 32.2 Å². The third-order valence-corrected chi connectivity index (χ3v) is 10.1. The monoisotopic (exact) mass is 652 g/mol. The van der Waals surface area contributed by atoms with E-state index in [1.165, 1.54) is 17.5 Å². The molecule has 10 nitrogen and oxygen atoms in total. The number of amides is 1. The van der Waals surface area contributed by atoms with E-state index < -0.39 is 21.8 Å². The van der Waals surface area contributed by atoms with E-state index in [4.69, 9.17) is 4.74 Å². The van der Waals surface area contributed by atoms with Crippen LogP contribution in [-0.4, -0.2) is 86.1 Å².